The van der Waals surface area contributed by atoms with Gasteiger partial charge in [0.25, 0.3) is 0 Å². The second-order valence-corrected chi connectivity index (χ2v) is 17.2. The molecule has 1 N–H and O–H groups in total. The van der Waals surface area contributed by atoms with Gasteiger partial charge in [-0.3, -0.25) is 0 Å². The highest BCUT2D eigenvalue weighted by molar-refractivity contribution is 14.1. The first-order valence-corrected chi connectivity index (χ1v) is 15.0. The van der Waals surface area contributed by atoms with Crippen molar-refractivity contribution in [2.75, 3.05) is 13.3 Å². The van der Waals surface area contributed by atoms with Gasteiger partial charge in [0, 0.05) is 24.7 Å². The number of nitrogens with zero attached hydrogens (tertiary/aromatic N) is 2. The van der Waals surface area contributed by atoms with Crippen LogP contribution in [0.25, 0.3) is 0 Å². The van der Waals surface area contributed by atoms with Crippen LogP contribution in [0.5, 0.6) is 0 Å². The molecule has 1 unspecified atom stereocenters. The van der Waals surface area contributed by atoms with Gasteiger partial charge < -0.3 is 9.84 Å². The molecule has 0 saturated heterocycles. The lowest BCUT2D eigenvalue weighted by Gasteiger charge is -2.31. The van der Waals surface area contributed by atoms with Gasteiger partial charge in [-0.15, -0.1) is 0 Å². The molecule has 154 valence electrons. The molecule has 0 aromatic heterocycles. The van der Waals surface area contributed by atoms with E-state index in [0.29, 0.717) is 12.2 Å². The second kappa shape index (κ2) is 9.58. The predicted molar refractivity (Wildman–Crippen MR) is 127 cm³/mol. The number of carboxylic acid groups (broad SMARTS) is 1. The van der Waals surface area contributed by atoms with Crippen molar-refractivity contribution in [3.8, 4) is 0 Å². The molecule has 1 amide bonds. The molecule has 0 spiro atoms. The number of benzene rings is 1. The Morgan fingerprint density at radius 2 is 2.14 bits per heavy atom. The number of hydrogen-bond acceptors (Lipinski definition) is 4. The molecule has 0 bridgehead atoms. The molecule has 2 rings (SSSR count). The maximum absolute atomic E-state index is 14.5. The summed E-state index contributed by atoms with van der Waals surface area (Å²) in [5.41, 5.74) is -0.643. The summed E-state index contributed by atoms with van der Waals surface area (Å²) in [5, 5.41) is 9.94. The van der Waals surface area contributed by atoms with E-state index < -0.39 is 25.5 Å². The maximum Gasteiger partial charge on any atom is 0.415 e. The summed E-state index contributed by atoms with van der Waals surface area (Å²) in [4.78, 5) is 17.5. The first kappa shape index (κ1) is 23.8. The molecule has 1 aromatic rings. The molecular weight excluding hydrogens is 578 g/mol. The third-order valence-electron chi connectivity index (χ3n) is 4.06. The third-order valence-corrected chi connectivity index (χ3v) is 8.04. The number of amides is 1. The number of amidine groups is 1. The van der Waals surface area contributed by atoms with Crippen LogP contribution in [0.4, 0.5) is 9.18 Å². The van der Waals surface area contributed by atoms with E-state index >= 15 is 0 Å². The first-order chi connectivity index (χ1) is 12.9. The second-order valence-electron chi connectivity index (χ2n) is 7.78. The summed E-state index contributed by atoms with van der Waals surface area (Å²) >= 11 is 6.70. The quantitative estimate of drug-likeness (QED) is 0.176. The van der Waals surface area contributed by atoms with E-state index in [2.05, 4.69) is 63.2 Å². The van der Waals surface area contributed by atoms with Gasteiger partial charge in [0.05, 0.1) is 2.91 Å². The molecule has 0 aliphatic carbocycles. The van der Waals surface area contributed by atoms with E-state index in [1.54, 1.807) is 19.1 Å². The van der Waals surface area contributed by atoms with E-state index in [-0.39, 0.29) is 11.9 Å². The van der Waals surface area contributed by atoms with Crippen molar-refractivity contribution in [1.82, 2.24) is 4.90 Å². The lowest BCUT2D eigenvalue weighted by atomic mass is 9.92. The minimum Gasteiger partial charge on any atom is -0.465 e. The average Bonchev–Trinajstić information content (AvgIpc) is 2.54. The summed E-state index contributed by atoms with van der Waals surface area (Å²) in [6.45, 7) is 8.86. The number of aliphatic imine (C=N–C) groups is 1. The Bertz CT molecular complexity index is 819. The summed E-state index contributed by atoms with van der Waals surface area (Å²) in [6, 6.07) is 5.60. The molecule has 28 heavy (non-hydrogen) atoms. The molecule has 0 fully saturated rings. The number of halogens is 3. The van der Waals surface area contributed by atoms with Gasteiger partial charge in [-0.05, 0) is 71.6 Å². The zero-order valence-corrected chi connectivity index (χ0v) is 21.7. The molecule has 0 radical (unpaired) electrons. The van der Waals surface area contributed by atoms with Crippen molar-refractivity contribution in [1.29, 1.82) is 0 Å². The summed E-state index contributed by atoms with van der Waals surface area (Å²) in [6.07, 6.45) is 0.681. The SMILES string of the molecule is CC1(c2cc(Br)ccc2F)C=C(I)SC(N(COCC[Si](C)(C)C)C(=O)O)=N1. The van der Waals surface area contributed by atoms with Crippen molar-refractivity contribution in [2.45, 2.75) is 38.1 Å². The lowest BCUT2D eigenvalue weighted by molar-refractivity contribution is 0.0705. The number of hydrogen-bond donors (Lipinski definition) is 1. The zero-order valence-electron chi connectivity index (χ0n) is 16.1. The van der Waals surface area contributed by atoms with Crippen molar-refractivity contribution in [3.63, 3.8) is 0 Å². The van der Waals surface area contributed by atoms with Gasteiger partial charge >= 0.3 is 6.09 Å². The Morgan fingerprint density at radius 3 is 2.75 bits per heavy atom. The monoisotopic (exact) mass is 600 g/mol. The van der Waals surface area contributed by atoms with E-state index in [0.717, 1.165) is 18.3 Å². The number of rotatable bonds is 6. The van der Waals surface area contributed by atoms with Crippen LogP contribution in [0.15, 0.2) is 36.7 Å². The van der Waals surface area contributed by atoms with Gasteiger partial charge in [0.1, 0.15) is 18.1 Å². The standard InChI is InChI=1S/C18H23BrFIN2O3SSi/c1-18(13-9-12(19)5-6-14(13)20)10-15(21)27-16(22-18)23(17(24)25)11-26-7-8-28(2,3)4/h5-6,9-10H,7-8,11H2,1-4H3,(H,24,25). The highest BCUT2D eigenvalue weighted by atomic mass is 127. The van der Waals surface area contributed by atoms with Gasteiger partial charge in [0.15, 0.2) is 5.17 Å². The highest BCUT2D eigenvalue weighted by Gasteiger charge is 2.34. The van der Waals surface area contributed by atoms with E-state index in [1.807, 2.05) is 6.08 Å². The number of ether oxygens (including phenoxy) is 1. The molecule has 1 aliphatic heterocycles. The molecule has 1 atom stereocenters. The van der Waals surface area contributed by atoms with Crippen LogP contribution >= 0.6 is 50.3 Å². The Labute approximate surface area is 192 Å². The van der Waals surface area contributed by atoms with E-state index in [1.165, 1.54) is 17.8 Å². The maximum atomic E-state index is 14.5. The van der Waals surface area contributed by atoms with E-state index in [4.69, 9.17) is 4.74 Å². The van der Waals surface area contributed by atoms with Gasteiger partial charge in [-0.1, -0.05) is 35.6 Å². The molecule has 0 saturated carbocycles. The smallest absolute Gasteiger partial charge is 0.415 e. The Hall–Kier alpha value is -0.433. The van der Waals surface area contributed by atoms with Crippen LogP contribution in [0.2, 0.25) is 25.7 Å². The Kier molecular flexibility index (Phi) is 8.16. The molecule has 5 nitrogen and oxygen atoms in total. The van der Waals surface area contributed by atoms with Crippen molar-refractivity contribution in [3.05, 3.63) is 43.0 Å². The van der Waals surface area contributed by atoms with Gasteiger partial charge in [-0.25, -0.2) is 19.1 Å². The van der Waals surface area contributed by atoms with Crippen LogP contribution in [0.1, 0.15) is 12.5 Å². The molecule has 10 heteroatoms. The van der Waals surface area contributed by atoms with Gasteiger partial charge in [-0.2, -0.15) is 0 Å². The minimum atomic E-state index is -1.27. The van der Waals surface area contributed by atoms with Crippen LogP contribution in [0, 0.1) is 5.82 Å². The zero-order chi connectivity index (χ0) is 21.1. The minimum absolute atomic E-state index is 0.105. The van der Waals surface area contributed by atoms with Crippen LogP contribution < -0.4 is 0 Å². The molecule has 1 heterocycles. The number of carbonyl (C=O) groups is 1. The summed E-state index contributed by atoms with van der Waals surface area (Å²) in [7, 11) is -1.27. The lowest BCUT2D eigenvalue weighted by Crippen LogP contribution is -2.39. The summed E-state index contributed by atoms with van der Waals surface area (Å²) < 4.78 is 21.7. The average molecular weight is 601 g/mol. The molecular formula is C18H23BrFIN2O3SSi. The Balaban J connectivity index is 2.29. The molecule has 1 aromatic carbocycles. The fraction of sp³-hybridized carbons (Fsp3) is 0.444. The molecule has 1 aliphatic rings. The Morgan fingerprint density at radius 1 is 1.46 bits per heavy atom. The van der Waals surface area contributed by atoms with Gasteiger partial charge in [0.2, 0.25) is 0 Å². The van der Waals surface area contributed by atoms with Crippen LogP contribution in [-0.2, 0) is 10.3 Å². The highest BCUT2D eigenvalue weighted by Crippen LogP contribution is 2.42. The third kappa shape index (κ3) is 6.54. The first-order valence-electron chi connectivity index (χ1n) is 8.61. The van der Waals surface area contributed by atoms with Crippen molar-refractivity contribution < 1.29 is 19.0 Å². The van der Waals surface area contributed by atoms with Crippen LogP contribution in [0.3, 0.4) is 0 Å². The predicted octanol–water partition coefficient (Wildman–Crippen LogP) is 6.47. The fourth-order valence-electron chi connectivity index (χ4n) is 2.46. The largest absolute Gasteiger partial charge is 0.465 e. The fourth-order valence-corrected chi connectivity index (χ4v) is 5.71. The van der Waals surface area contributed by atoms with Crippen LogP contribution in [-0.4, -0.2) is 42.7 Å². The number of thioether (sulfide) groups is 1. The van der Waals surface area contributed by atoms with Crippen molar-refractivity contribution >= 4 is 69.6 Å². The van der Waals surface area contributed by atoms with Crippen molar-refractivity contribution in [2.24, 2.45) is 4.99 Å². The summed E-state index contributed by atoms with van der Waals surface area (Å²) in [5.74, 6) is -0.394. The topological polar surface area (TPSA) is 62.1 Å². The van der Waals surface area contributed by atoms with E-state index in [9.17, 15) is 14.3 Å². The normalized spacial score (nSPS) is 19.8.